The van der Waals surface area contributed by atoms with Crippen LogP contribution in [0.1, 0.15) is 28.5 Å². The van der Waals surface area contributed by atoms with Crippen LogP contribution in [0.2, 0.25) is 5.02 Å². The highest BCUT2D eigenvalue weighted by Crippen LogP contribution is 2.23. The summed E-state index contributed by atoms with van der Waals surface area (Å²) in [6.07, 6.45) is -0.280. The Kier molecular flexibility index (Phi) is 7.18. The van der Waals surface area contributed by atoms with Gasteiger partial charge < -0.3 is 14.4 Å². The van der Waals surface area contributed by atoms with Gasteiger partial charge in [0.2, 0.25) is 0 Å². The van der Waals surface area contributed by atoms with Crippen LogP contribution in [-0.4, -0.2) is 34.8 Å². The molecule has 7 heteroatoms. The number of aliphatic hydroxyl groups is 1. The molecule has 0 amide bonds. The fraction of sp³-hybridized carbons (Fsp3) is 0.333. The van der Waals surface area contributed by atoms with E-state index in [1.807, 2.05) is 18.2 Å². The quantitative estimate of drug-likeness (QED) is 0.494. The molecule has 1 aromatic carbocycles. The third-order valence-corrected chi connectivity index (χ3v) is 4.73. The van der Waals surface area contributed by atoms with Crippen LogP contribution in [0.5, 0.6) is 0 Å². The van der Waals surface area contributed by atoms with Crippen LogP contribution in [0, 0.1) is 3.57 Å². The molecule has 25 heavy (non-hydrogen) atoms. The van der Waals surface area contributed by atoms with E-state index in [0.29, 0.717) is 22.7 Å². The molecule has 0 spiro atoms. The summed E-state index contributed by atoms with van der Waals surface area (Å²) in [6.45, 7) is 1.51. The molecule has 5 nitrogen and oxygen atoms in total. The number of carbonyl (C=O) groups is 1. The minimum Gasteiger partial charge on any atom is -0.391 e. The summed E-state index contributed by atoms with van der Waals surface area (Å²) in [5.74, 6) is -0.243. The molecule has 0 saturated carbocycles. The molecule has 1 atom stereocenters. The van der Waals surface area contributed by atoms with Gasteiger partial charge in [0.15, 0.2) is 5.78 Å². The van der Waals surface area contributed by atoms with Crippen molar-refractivity contribution in [2.75, 3.05) is 13.2 Å². The molecular formula is C18H19ClINO4. The first kappa shape index (κ1) is 20.1. The number of Topliss-reactive ketones (excluding diaryl/α,β-unsaturated/α-hetero) is 1. The fourth-order valence-corrected chi connectivity index (χ4v) is 3.31. The first-order chi connectivity index (χ1) is 11.8. The Labute approximate surface area is 164 Å². The molecule has 0 unspecified atom stereocenters. The summed E-state index contributed by atoms with van der Waals surface area (Å²) in [4.78, 5) is 24.5. The maximum absolute atomic E-state index is 12.5. The van der Waals surface area contributed by atoms with Crippen LogP contribution in [-0.2, 0) is 18.2 Å². The van der Waals surface area contributed by atoms with Crippen molar-refractivity contribution in [2.24, 2.45) is 7.05 Å². The van der Waals surface area contributed by atoms with Crippen molar-refractivity contribution >= 4 is 40.0 Å². The predicted molar refractivity (Wildman–Crippen MR) is 105 cm³/mol. The van der Waals surface area contributed by atoms with Gasteiger partial charge in [0.25, 0.3) is 5.56 Å². The van der Waals surface area contributed by atoms with Crippen LogP contribution in [0.25, 0.3) is 0 Å². The molecule has 0 fully saturated rings. The zero-order valence-corrected chi connectivity index (χ0v) is 16.9. The Bertz CT molecular complexity index is 832. The second-order valence-electron chi connectivity index (χ2n) is 5.79. The lowest BCUT2D eigenvalue weighted by atomic mass is 10.0. The summed E-state index contributed by atoms with van der Waals surface area (Å²) >= 11 is 8.46. The minimum atomic E-state index is -0.641. The number of carbonyl (C=O) groups excluding carboxylic acids is 1. The number of hydrogen-bond donors (Lipinski definition) is 1. The molecule has 0 aliphatic heterocycles. The highest BCUT2D eigenvalue weighted by Gasteiger charge is 2.17. The number of ether oxygens (including phenoxy) is 1. The molecule has 2 aromatic rings. The van der Waals surface area contributed by atoms with Gasteiger partial charge in [-0.3, -0.25) is 9.59 Å². The van der Waals surface area contributed by atoms with E-state index in [4.69, 9.17) is 16.3 Å². The van der Waals surface area contributed by atoms with Gasteiger partial charge in [-0.1, -0.05) is 17.7 Å². The maximum Gasteiger partial charge on any atom is 0.250 e. The van der Waals surface area contributed by atoms with E-state index in [-0.39, 0.29) is 24.6 Å². The van der Waals surface area contributed by atoms with Crippen LogP contribution < -0.4 is 5.56 Å². The number of ketones is 1. The van der Waals surface area contributed by atoms with E-state index < -0.39 is 6.10 Å². The number of hydrogen-bond acceptors (Lipinski definition) is 4. The first-order valence-electron chi connectivity index (χ1n) is 7.71. The van der Waals surface area contributed by atoms with E-state index in [0.717, 1.165) is 9.13 Å². The van der Waals surface area contributed by atoms with Gasteiger partial charge in [-0.25, -0.2) is 0 Å². The number of halogens is 2. The summed E-state index contributed by atoms with van der Waals surface area (Å²) in [5, 5.41) is 9.81. The number of rotatable bonds is 7. The highest BCUT2D eigenvalue weighted by molar-refractivity contribution is 14.1. The monoisotopic (exact) mass is 475 g/mol. The van der Waals surface area contributed by atoms with Crippen molar-refractivity contribution in [1.29, 1.82) is 0 Å². The van der Waals surface area contributed by atoms with Gasteiger partial charge in [0.05, 0.1) is 12.7 Å². The van der Waals surface area contributed by atoms with E-state index in [1.54, 1.807) is 14.0 Å². The Balaban J connectivity index is 2.34. The Morgan fingerprint density at radius 3 is 2.72 bits per heavy atom. The van der Waals surface area contributed by atoms with Crippen molar-refractivity contribution in [3.63, 3.8) is 0 Å². The van der Waals surface area contributed by atoms with Gasteiger partial charge in [0.1, 0.15) is 6.61 Å². The minimum absolute atomic E-state index is 0.0792. The van der Waals surface area contributed by atoms with Crippen LogP contribution in [0.4, 0.5) is 0 Å². The van der Waals surface area contributed by atoms with Crippen molar-refractivity contribution < 1.29 is 14.6 Å². The second kappa shape index (κ2) is 8.93. The first-order valence-corrected chi connectivity index (χ1v) is 9.17. The summed E-state index contributed by atoms with van der Waals surface area (Å²) in [5.41, 5.74) is 1.64. The number of benzene rings is 1. The molecule has 0 aliphatic rings. The SMILES string of the molecule is C[C@H](O)COCC(=O)c1ccc(=O)n(C)c1Cc1ccc(I)cc1Cl. The van der Waals surface area contributed by atoms with E-state index in [1.165, 1.54) is 16.7 Å². The van der Waals surface area contributed by atoms with Crippen molar-refractivity contribution in [3.05, 3.63) is 66.1 Å². The molecule has 0 saturated heterocycles. The van der Waals surface area contributed by atoms with Crippen molar-refractivity contribution in [1.82, 2.24) is 4.57 Å². The lowest BCUT2D eigenvalue weighted by Crippen LogP contribution is -2.25. The van der Waals surface area contributed by atoms with Crippen LogP contribution >= 0.6 is 34.2 Å². The van der Waals surface area contributed by atoms with Gasteiger partial charge in [-0.2, -0.15) is 0 Å². The Morgan fingerprint density at radius 2 is 2.08 bits per heavy atom. The molecule has 1 N–H and O–H groups in total. The summed E-state index contributed by atoms with van der Waals surface area (Å²) in [6, 6.07) is 8.54. The molecule has 0 bridgehead atoms. The fourth-order valence-electron chi connectivity index (χ4n) is 2.39. The van der Waals surface area contributed by atoms with Gasteiger partial charge in [-0.15, -0.1) is 0 Å². The molecular weight excluding hydrogens is 457 g/mol. The normalized spacial score (nSPS) is 12.2. The standard InChI is InChI=1S/C18H19ClINO4/c1-11(22)9-25-10-17(23)14-5-6-18(24)21(2)16(14)7-12-3-4-13(20)8-15(12)19/h3-6,8,11,22H,7,9-10H2,1-2H3/t11-/m0/s1. The van der Waals surface area contributed by atoms with E-state index in [2.05, 4.69) is 22.6 Å². The predicted octanol–water partition coefficient (Wildman–Crippen LogP) is 2.81. The Hall–Kier alpha value is -1.22. The highest BCUT2D eigenvalue weighted by atomic mass is 127. The number of aromatic nitrogens is 1. The maximum atomic E-state index is 12.5. The molecule has 1 aromatic heterocycles. The number of nitrogens with zero attached hydrogens (tertiary/aromatic N) is 1. The zero-order chi connectivity index (χ0) is 18.6. The van der Waals surface area contributed by atoms with Crippen LogP contribution in [0.15, 0.2) is 35.1 Å². The molecule has 1 heterocycles. The number of pyridine rings is 1. The molecule has 2 rings (SSSR count). The summed E-state index contributed by atoms with van der Waals surface area (Å²) < 4.78 is 7.68. The van der Waals surface area contributed by atoms with Gasteiger partial charge in [0, 0.05) is 39.4 Å². The lowest BCUT2D eigenvalue weighted by Gasteiger charge is -2.15. The van der Waals surface area contributed by atoms with Crippen LogP contribution in [0.3, 0.4) is 0 Å². The molecule has 0 aliphatic carbocycles. The van der Waals surface area contributed by atoms with Gasteiger partial charge >= 0.3 is 0 Å². The second-order valence-corrected chi connectivity index (χ2v) is 7.44. The molecule has 134 valence electrons. The Morgan fingerprint density at radius 1 is 1.36 bits per heavy atom. The lowest BCUT2D eigenvalue weighted by molar-refractivity contribution is 0.0424. The average Bonchev–Trinajstić information content (AvgIpc) is 2.53. The molecule has 0 radical (unpaired) electrons. The van der Waals surface area contributed by atoms with Gasteiger partial charge in [-0.05, 0) is 53.3 Å². The van der Waals surface area contributed by atoms with E-state index >= 15 is 0 Å². The zero-order valence-electron chi connectivity index (χ0n) is 14.0. The van der Waals surface area contributed by atoms with Crippen molar-refractivity contribution in [2.45, 2.75) is 19.4 Å². The largest absolute Gasteiger partial charge is 0.391 e. The smallest absolute Gasteiger partial charge is 0.250 e. The van der Waals surface area contributed by atoms with Crippen molar-refractivity contribution in [3.8, 4) is 0 Å². The topological polar surface area (TPSA) is 68.5 Å². The third-order valence-electron chi connectivity index (χ3n) is 3.70. The number of aliphatic hydroxyl groups excluding tert-OH is 1. The van der Waals surface area contributed by atoms with E-state index in [9.17, 15) is 14.7 Å². The average molecular weight is 476 g/mol. The third kappa shape index (κ3) is 5.37. The summed E-state index contributed by atoms with van der Waals surface area (Å²) in [7, 11) is 1.63.